The molecule has 0 aliphatic carbocycles. The summed E-state index contributed by atoms with van der Waals surface area (Å²) < 4.78 is 0. The second-order valence-electron chi connectivity index (χ2n) is 7.21. The second kappa shape index (κ2) is 9.80. The number of likely N-dealkylation sites (N-methyl/N-ethyl adjacent to an activating group) is 1. The number of carbonyl (C=O) groups is 2. The van der Waals surface area contributed by atoms with Gasteiger partial charge in [0.15, 0.2) is 0 Å². The number of piperazine rings is 1. The lowest BCUT2D eigenvalue weighted by Gasteiger charge is -2.36. The molecule has 1 atom stereocenters. The number of anilines is 2. The van der Waals surface area contributed by atoms with Crippen molar-refractivity contribution in [3.63, 3.8) is 0 Å². The Labute approximate surface area is 165 Å². The molecule has 1 unspecified atom stereocenters. The fraction of sp³-hybridized carbons (Fsp3) is 0.579. The number of aliphatic carboxylic acids is 1. The maximum absolute atomic E-state index is 12.1. The highest BCUT2D eigenvalue weighted by Crippen LogP contribution is 2.29. The van der Waals surface area contributed by atoms with Crippen molar-refractivity contribution in [2.24, 2.45) is 5.92 Å². The topological polar surface area (TPSA) is 84.9 Å². The molecule has 0 radical (unpaired) electrons. The van der Waals surface area contributed by atoms with E-state index in [0.717, 1.165) is 38.4 Å². The van der Waals surface area contributed by atoms with Gasteiger partial charge in [0, 0.05) is 31.9 Å². The molecule has 1 heterocycles. The van der Waals surface area contributed by atoms with Crippen molar-refractivity contribution in [3.8, 4) is 0 Å². The number of urea groups is 1. The molecule has 1 aliphatic rings. The number of carboxylic acids is 1. The lowest BCUT2D eigenvalue weighted by atomic mass is 10.0. The Hall–Kier alpha value is -1.99. The molecular formula is C19H29ClN4O3. The van der Waals surface area contributed by atoms with Gasteiger partial charge in [0.05, 0.1) is 10.7 Å². The summed E-state index contributed by atoms with van der Waals surface area (Å²) in [5, 5.41) is 14.9. The number of amides is 2. The predicted molar refractivity (Wildman–Crippen MR) is 109 cm³/mol. The lowest BCUT2D eigenvalue weighted by molar-refractivity contribution is -0.139. The molecular weight excluding hydrogens is 368 g/mol. The minimum Gasteiger partial charge on any atom is -0.480 e. The second-order valence-corrected chi connectivity index (χ2v) is 7.61. The summed E-state index contributed by atoms with van der Waals surface area (Å²) in [6, 6.07) is 3.90. The zero-order valence-corrected chi connectivity index (χ0v) is 16.9. The third-order valence-electron chi connectivity index (χ3n) is 4.68. The Balaban J connectivity index is 1.96. The van der Waals surface area contributed by atoms with Gasteiger partial charge in [-0.3, -0.25) is 0 Å². The Morgan fingerprint density at radius 3 is 2.41 bits per heavy atom. The fourth-order valence-corrected chi connectivity index (χ4v) is 3.46. The Bertz CT molecular complexity index is 660. The van der Waals surface area contributed by atoms with Gasteiger partial charge >= 0.3 is 12.0 Å². The average Bonchev–Trinajstić information content (AvgIpc) is 2.61. The minimum atomic E-state index is -1.04. The van der Waals surface area contributed by atoms with E-state index in [2.05, 4.69) is 27.4 Å². The van der Waals surface area contributed by atoms with Gasteiger partial charge in [0.1, 0.15) is 6.04 Å². The SMILES string of the molecule is CCN1CCN(c2ccc(NC(=O)NC(CC(C)C)C(=O)O)cc2Cl)CC1. The van der Waals surface area contributed by atoms with E-state index in [9.17, 15) is 14.7 Å². The van der Waals surface area contributed by atoms with Crippen molar-refractivity contribution in [3.05, 3.63) is 23.2 Å². The maximum atomic E-state index is 12.1. The van der Waals surface area contributed by atoms with Gasteiger partial charge in [-0.05, 0) is 37.1 Å². The van der Waals surface area contributed by atoms with Crippen LogP contribution in [-0.4, -0.2) is 60.8 Å². The predicted octanol–water partition coefficient (Wildman–Crippen LogP) is 3.10. The van der Waals surface area contributed by atoms with E-state index in [-0.39, 0.29) is 5.92 Å². The number of rotatable bonds is 7. The van der Waals surface area contributed by atoms with Crippen LogP contribution in [0.3, 0.4) is 0 Å². The maximum Gasteiger partial charge on any atom is 0.326 e. The number of hydrogen-bond donors (Lipinski definition) is 3. The van der Waals surface area contributed by atoms with Crippen LogP contribution in [0.2, 0.25) is 5.02 Å². The highest BCUT2D eigenvalue weighted by atomic mass is 35.5. The van der Waals surface area contributed by atoms with Crippen molar-refractivity contribution in [2.75, 3.05) is 42.9 Å². The van der Waals surface area contributed by atoms with Crippen LogP contribution in [0.4, 0.5) is 16.2 Å². The molecule has 1 saturated heterocycles. The van der Waals surface area contributed by atoms with E-state index in [1.54, 1.807) is 12.1 Å². The fourth-order valence-electron chi connectivity index (χ4n) is 3.16. The van der Waals surface area contributed by atoms with Gasteiger partial charge in [-0.1, -0.05) is 32.4 Å². The van der Waals surface area contributed by atoms with Gasteiger partial charge in [0.25, 0.3) is 0 Å². The molecule has 1 aromatic carbocycles. The Morgan fingerprint density at radius 1 is 1.22 bits per heavy atom. The van der Waals surface area contributed by atoms with E-state index in [4.69, 9.17) is 11.6 Å². The third kappa shape index (κ3) is 6.29. The third-order valence-corrected chi connectivity index (χ3v) is 4.98. The highest BCUT2D eigenvalue weighted by Gasteiger charge is 2.22. The van der Waals surface area contributed by atoms with Crippen LogP contribution in [0.15, 0.2) is 18.2 Å². The van der Waals surface area contributed by atoms with Gasteiger partial charge in [0.2, 0.25) is 0 Å². The number of nitrogens with one attached hydrogen (secondary N) is 2. The largest absolute Gasteiger partial charge is 0.480 e. The highest BCUT2D eigenvalue weighted by molar-refractivity contribution is 6.33. The summed E-state index contributed by atoms with van der Waals surface area (Å²) in [7, 11) is 0. The molecule has 2 amide bonds. The zero-order chi connectivity index (χ0) is 20.0. The van der Waals surface area contributed by atoms with Gasteiger partial charge < -0.3 is 25.5 Å². The molecule has 1 aliphatic heterocycles. The summed E-state index contributed by atoms with van der Waals surface area (Å²) >= 11 is 6.42. The van der Waals surface area contributed by atoms with Crippen molar-refractivity contribution in [1.82, 2.24) is 10.2 Å². The van der Waals surface area contributed by atoms with Gasteiger partial charge in [-0.2, -0.15) is 0 Å². The Kier molecular flexibility index (Phi) is 7.74. The van der Waals surface area contributed by atoms with Crippen LogP contribution in [0.5, 0.6) is 0 Å². The molecule has 0 aromatic heterocycles. The van der Waals surface area contributed by atoms with E-state index >= 15 is 0 Å². The van der Waals surface area contributed by atoms with E-state index in [1.165, 1.54) is 0 Å². The first-order valence-electron chi connectivity index (χ1n) is 9.37. The monoisotopic (exact) mass is 396 g/mol. The standard InChI is InChI=1S/C19H29ClN4O3/c1-4-23-7-9-24(10-8-23)17-6-5-14(12-15(17)20)21-19(27)22-16(18(25)26)11-13(2)3/h5-6,12-13,16H,4,7-11H2,1-3H3,(H,25,26)(H2,21,22,27). The smallest absolute Gasteiger partial charge is 0.326 e. The lowest BCUT2D eigenvalue weighted by Crippen LogP contribution is -2.46. The van der Waals surface area contributed by atoms with Crippen LogP contribution < -0.4 is 15.5 Å². The summed E-state index contributed by atoms with van der Waals surface area (Å²) in [4.78, 5) is 28.0. The quantitative estimate of drug-likeness (QED) is 0.659. The molecule has 0 saturated carbocycles. The molecule has 1 fully saturated rings. The summed E-state index contributed by atoms with van der Waals surface area (Å²) in [6.45, 7) is 10.9. The Morgan fingerprint density at radius 2 is 1.89 bits per heavy atom. The average molecular weight is 397 g/mol. The first kappa shape index (κ1) is 21.3. The number of carboxylic acid groups (broad SMARTS) is 1. The molecule has 27 heavy (non-hydrogen) atoms. The molecule has 7 nitrogen and oxygen atoms in total. The van der Waals surface area contributed by atoms with E-state index < -0.39 is 18.0 Å². The number of halogens is 1. The van der Waals surface area contributed by atoms with Gasteiger partial charge in [-0.25, -0.2) is 9.59 Å². The van der Waals surface area contributed by atoms with Crippen LogP contribution in [-0.2, 0) is 4.79 Å². The van der Waals surface area contributed by atoms with Crippen LogP contribution in [0.1, 0.15) is 27.2 Å². The molecule has 0 bridgehead atoms. The molecule has 1 aromatic rings. The van der Waals surface area contributed by atoms with Crippen LogP contribution in [0, 0.1) is 5.92 Å². The number of hydrogen-bond acceptors (Lipinski definition) is 4. The molecule has 3 N–H and O–H groups in total. The van der Waals surface area contributed by atoms with E-state index in [0.29, 0.717) is 17.1 Å². The summed E-state index contributed by atoms with van der Waals surface area (Å²) in [6.07, 6.45) is 0.367. The number of carbonyl (C=O) groups excluding carboxylic acids is 1. The van der Waals surface area contributed by atoms with Crippen LogP contribution >= 0.6 is 11.6 Å². The van der Waals surface area contributed by atoms with E-state index in [1.807, 2.05) is 19.9 Å². The summed E-state index contributed by atoms with van der Waals surface area (Å²) in [5.41, 5.74) is 1.48. The van der Waals surface area contributed by atoms with Crippen molar-refractivity contribution in [2.45, 2.75) is 33.2 Å². The van der Waals surface area contributed by atoms with Crippen molar-refractivity contribution >= 4 is 35.0 Å². The minimum absolute atomic E-state index is 0.160. The molecule has 0 spiro atoms. The number of nitrogens with zero attached hydrogens (tertiary/aromatic N) is 2. The normalized spacial score (nSPS) is 16.3. The molecule has 8 heteroatoms. The molecule has 2 rings (SSSR count). The first-order valence-corrected chi connectivity index (χ1v) is 9.75. The first-order chi connectivity index (χ1) is 12.8. The summed E-state index contributed by atoms with van der Waals surface area (Å²) in [5.74, 6) is -0.883. The van der Waals surface area contributed by atoms with Crippen LogP contribution in [0.25, 0.3) is 0 Å². The number of benzene rings is 1. The van der Waals surface area contributed by atoms with Crippen molar-refractivity contribution in [1.29, 1.82) is 0 Å². The van der Waals surface area contributed by atoms with Crippen molar-refractivity contribution < 1.29 is 14.7 Å². The molecule has 150 valence electrons. The zero-order valence-electron chi connectivity index (χ0n) is 16.2. The van der Waals surface area contributed by atoms with Gasteiger partial charge in [-0.15, -0.1) is 0 Å².